The summed E-state index contributed by atoms with van der Waals surface area (Å²) in [5.41, 5.74) is 8.38. The molecule has 0 saturated heterocycles. The number of hydrogen-bond donors (Lipinski definition) is 5. The van der Waals surface area contributed by atoms with Crippen LogP contribution in [0.25, 0.3) is 5.57 Å². The Balaban J connectivity index is 1.94. The van der Waals surface area contributed by atoms with E-state index < -0.39 is 0 Å². The molecule has 1 aromatic heterocycles. The summed E-state index contributed by atoms with van der Waals surface area (Å²) >= 11 is 0. The van der Waals surface area contributed by atoms with Crippen molar-refractivity contribution in [2.75, 3.05) is 11.9 Å². The van der Waals surface area contributed by atoms with Gasteiger partial charge in [0.25, 0.3) is 5.91 Å². The number of fused-ring (bicyclic) bond motifs is 1. The quantitative estimate of drug-likeness (QED) is 0.370. The average Bonchev–Trinajstić information content (AvgIpc) is 3.01. The van der Waals surface area contributed by atoms with E-state index in [1.54, 1.807) is 6.20 Å². The first kappa shape index (κ1) is 18.3. The normalized spacial score (nSPS) is 22.5. The van der Waals surface area contributed by atoms with Crippen LogP contribution in [-0.4, -0.2) is 40.7 Å². The molecular weight excluding hydrogens is 330 g/mol. The van der Waals surface area contributed by atoms with Crippen LogP contribution in [0.15, 0.2) is 6.20 Å². The zero-order valence-corrected chi connectivity index (χ0v) is 15.1. The van der Waals surface area contributed by atoms with Crippen molar-refractivity contribution in [3.63, 3.8) is 0 Å². The Kier molecular flexibility index (Phi) is 5.82. The smallest absolute Gasteiger partial charge is 0.255 e. The van der Waals surface area contributed by atoms with Gasteiger partial charge in [0.2, 0.25) is 5.95 Å². The van der Waals surface area contributed by atoms with Crippen LogP contribution >= 0.6 is 0 Å². The van der Waals surface area contributed by atoms with Crippen LogP contribution < -0.4 is 21.7 Å². The highest BCUT2D eigenvalue weighted by Gasteiger charge is 2.29. The number of allylic oxidation sites excluding steroid dienone is 1. The average molecular weight is 357 g/mol. The Morgan fingerprint density at radius 3 is 2.92 bits per heavy atom. The fraction of sp³-hybridized carbons (Fsp3) is 0.556. The fourth-order valence-corrected chi connectivity index (χ4v) is 3.41. The van der Waals surface area contributed by atoms with E-state index in [4.69, 9.17) is 11.1 Å². The molecule has 0 radical (unpaired) electrons. The molecule has 140 valence electrons. The number of nitrogens with zero attached hydrogens (tertiary/aromatic N) is 2. The zero-order chi connectivity index (χ0) is 18.5. The van der Waals surface area contributed by atoms with Gasteiger partial charge in [0, 0.05) is 36.6 Å². The first-order chi connectivity index (χ1) is 12.6. The third kappa shape index (κ3) is 3.85. The molecule has 2 atom stereocenters. The maximum atomic E-state index is 12.2. The summed E-state index contributed by atoms with van der Waals surface area (Å²) < 4.78 is 0. The molecular formula is C18H27N7O. The number of nitrogens with two attached hydrogens (primary N) is 1. The Morgan fingerprint density at radius 1 is 1.38 bits per heavy atom. The lowest BCUT2D eigenvalue weighted by atomic mass is 9.91. The van der Waals surface area contributed by atoms with Crippen LogP contribution in [-0.2, 0) is 6.54 Å². The molecule has 1 aliphatic carbocycles. The lowest BCUT2D eigenvalue weighted by Crippen LogP contribution is -2.43. The van der Waals surface area contributed by atoms with E-state index in [9.17, 15) is 4.79 Å². The van der Waals surface area contributed by atoms with E-state index in [1.807, 2.05) is 0 Å². The Bertz CT molecular complexity index is 716. The zero-order valence-electron chi connectivity index (χ0n) is 15.1. The van der Waals surface area contributed by atoms with E-state index >= 15 is 0 Å². The number of carbonyl (C=O) groups is 1. The fourth-order valence-electron chi connectivity index (χ4n) is 3.41. The lowest BCUT2D eigenvalue weighted by molar-refractivity contribution is 0.0965. The second-order valence-electron chi connectivity index (χ2n) is 6.80. The largest absolute Gasteiger partial charge is 0.390 e. The minimum Gasteiger partial charge on any atom is -0.390 e. The number of anilines is 1. The van der Waals surface area contributed by atoms with Gasteiger partial charge in [-0.05, 0) is 19.3 Å². The van der Waals surface area contributed by atoms with Gasteiger partial charge in [-0.25, -0.2) is 9.97 Å². The van der Waals surface area contributed by atoms with Crippen molar-refractivity contribution >= 4 is 23.6 Å². The summed E-state index contributed by atoms with van der Waals surface area (Å²) in [5, 5.41) is 17.1. The van der Waals surface area contributed by atoms with Gasteiger partial charge < -0.3 is 27.1 Å². The highest BCUT2D eigenvalue weighted by atomic mass is 16.1. The van der Waals surface area contributed by atoms with Gasteiger partial charge in [0.15, 0.2) is 0 Å². The van der Waals surface area contributed by atoms with Crippen molar-refractivity contribution < 1.29 is 4.79 Å². The standard InChI is InChI=1S/C18H27N7O/c1-2-7-21-9-11(8-19)16-15-14(10-22-17(15)26)24-18(25-16)23-13-6-4-3-5-12(13)20/h8-9,12-13,19,21H,2-7,10,20H2,1H3,(H,22,26)(H,23,24,25)/b11-9+,19-8?. The van der Waals surface area contributed by atoms with Crippen LogP contribution in [0.3, 0.4) is 0 Å². The first-order valence-electron chi connectivity index (χ1n) is 9.29. The van der Waals surface area contributed by atoms with Crippen LogP contribution in [0.4, 0.5) is 5.95 Å². The lowest BCUT2D eigenvalue weighted by Gasteiger charge is -2.29. The number of carbonyl (C=O) groups excluding carboxylic acids is 1. The van der Waals surface area contributed by atoms with Crippen LogP contribution in [0.2, 0.25) is 0 Å². The van der Waals surface area contributed by atoms with E-state index in [-0.39, 0.29) is 18.0 Å². The molecule has 1 saturated carbocycles. The molecule has 0 spiro atoms. The molecule has 3 rings (SSSR count). The molecule has 8 nitrogen and oxygen atoms in total. The summed E-state index contributed by atoms with van der Waals surface area (Å²) in [4.78, 5) is 21.3. The number of rotatable bonds is 7. The van der Waals surface area contributed by atoms with Crippen LogP contribution in [0.1, 0.15) is 60.8 Å². The van der Waals surface area contributed by atoms with E-state index in [0.717, 1.165) is 38.6 Å². The van der Waals surface area contributed by atoms with Crippen molar-refractivity contribution in [3.8, 4) is 0 Å². The van der Waals surface area contributed by atoms with Crippen molar-refractivity contribution in [3.05, 3.63) is 23.2 Å². The maximum Gasteiger partial charge on any atom is 0.255 e. The molecule has 1 fully saturated rings. The molecule has 6 N–H and O–H groups in total. The molecule has 26 heavy (non-hydrogen) atoms. The second kappa shape index (κ2) is 8.27. The van der Waals surface area contributed by atoms with Gasteiger partial charge in [0.1, 0.15) is 0 Å². The molecule has 0 bridgehead atoms. The molecule has 1 amide bonds. The minimum absolute atomic E-state index is 0.0767. The van der Waals surface area contributed by atoms with Gasteiger partial charge in [-0.15, -0.1) is 0 Å². The van der Waals surface area contributed by atoms with E-state index in [1.165, 1.54) is 6.21 Å². The van der Waals surface area contributed by atoms with E-state index in [0.29, 0.717) is 35.0 Å². The predicted octanol–water partition coefficient (Wildman–Crippen LogP) is 1.39. The van der Waals surface area contributed by atoms with Gasteiger partial charge in [0.05, 0.1) is 23.5 Å². The van der Waals surface area contributed by atoms with Crippen LogP contribution in [0, 0.1) is 5.41 Å². The van der Waals surface area contributed by atoms with Crippen LogP contribution in [0.5, 0.6) is 0 Å². The van der Waals surface area contributed by atoms with Crippen molar-refractivity contribution in [1.82, 2.24) is 20.6 Å². The van der Waals surface area contributed by atoms with Gasteiger partial charge in [-0.1, -0.05) is 19.8 Å². The maximum absolute atomic E-state index is 12.2. The van der Waals surface area contributed by atoms with Crippen molar-refractivity contribution in [1.29, 1.82) is 5.41 Å². The molecule has 2 aliphatic rings. The summed E-state index contributed by atoms with van der Waals surface area (Å²) in [6.45, 7) is 3.23. The Labute approximate surface area is 153 Å². The molecule has 2 heterocycles. The van der Waals surface area contributed by atoms with Crippen molar-refractivity contribution in [2.24, 2.45) is 5.73 Å². The van der Waals surface area contributed by atoms with Gasteiger partial charge in [-0.2, -0.15) is 0 Å². The summed E-state index contributed by atoms with van der Waals surface area (Å²) in [6.07, 6.45) is 8.18. The SMILES string of the molecule is CCCN/C=C(\C=N)c1nc(NC2CCCCC2N)nc2c1C(=O)NC2. The van der Waals surface area contributed by atoms with Gasteiger partial charge >= 0.3 is 0 Å². The second-order valence-corrected chi connectivity index (χ2v) is 6.80. The molecule has 1 aromatic rings. The van der Waals surface area contributed by atoms with Gasteiger partial charge in [-0.3, -0.25) is 4.79 Å². The Morgan fingerprint density at radius 2 is 2.19 bits per heavy atom. The number of aromatic nitrogens is 2. The number of hydrogen-bond acceptors (Lipinski definition) is 7. The number of amides is 1. The van der Waals surface area contributed by atoms with E-state index in [2.05, 4.69) is 32.8 Å². The predicted molar refractivity (Wildman–Crippen MR) is 102 cm³/mol. The number of nitrogens with one attached hydrogen (secondary N) is 4. The molecule has 0 aromatic carbocycles. The highest BCUT2D eigenvalue weighted by molar-refractivity contribution is 6.13. The minimum atomic E-state index is -0.195. The molecule has 2 unspecified atom stereocenters. The summed E-state index contributed by atoms with van der Waals surface area (Å²) in [7, 11) is 0. The topological polar surface area (TPSA) is 129 Å². The summed E-state index contributed by atoms with van der Waals surface area (Å²) in [5.74, 6) is 0.278. The third-order valence-corrected chi connectivity index (χ3v) is 4.84. The first-order valence-corrected chi connectivity index (χ1v) is 9.29. The molecule has 8 heteroatoms. The Hall–Kier alpha value is -2.48. The molecule has 1 aliphatic heterocycles. The highest BCUT2D eigenvalue weighted by Crippen LogP contribution is 2.25. The monoisotopic (exact) mass is 357 g/mol. The van der Waals surface area contributed by atoms with Crippen molar-refractivity contribution in [2.45, 2.75) is 57.7 Å². The summed E-state index contributed by atoms with van der Waals surface area (Å²) in [6, 6.07) is 0.207. The third-order valence-electron chi connectivity index (χ3n) is 4.84.